The van der Waals surface area contributed by atoms with E-state index in [0.717, 1.165) is 29.5 Å². The Balaban J connectivity index is 1.68. The van der Waals surface area contributed by atoms with Crippen molar-refractivity contribution in [2.24, 2.45) is 0 Å². The number of amides is 1. The molecular formula is C22H26N2O3S. The van der Waals surface area contributed by atoms with Crippen LogP contribution in [0.3, 0.4) is 0 Å². The van der Waals surface area contributed by atoms with Crippen molar-refractivity contribution in [1.82, 2.24) is 9.21 Å². The summed E-state index contributed by atoms with van der Waals surface area (Å²) >= 11 is 0. The van der Waals surface area contributed by atoms with Crippen molar-refractivity contribution < 1.29 is 13.2 Å². The molecule has 0 spiro atoms. The monoisotopic (exact) mass is 398 g/mol. The number of hydrogen-bond donors (Lipinski definition) is 0. The van der Waals surface area contributed by atoms with Gasteiger partial charge in [0.05, 0.1) is 11.8 Å². The topological polar surface area (TPSA) is 57.7 Å². The van der Waals surface area contributed by atoms with Gasteiger partial charge >= 0.3 is 0 Å². The second-order valence-electron chi connectivity index (χ2n) is 7.63. The maximum absolute atomic E-state index is 13.2. The lowest BCUT2D eigenvalue weighted by Crippen LogP contribution is -2.45. The van der Waals surface area contributed by atoms with Gasteiger partial charge in [-0.1, -0.05) is 55.0 Å². The SMILES string of the molecule is O=C1c2ccccc2CS(=O)(=O)N1C(CCN1CCCCC1)c1ccccc1. The average molecular weight is 399 g/mol. The third-order valence-electron chi connectivity index (χ3n) is 5.72. The molecule has 2 heterocycles. The molecule has 0 saturated carbocycles. The zero-order chi connectivity index (χ0) is 19.6. The Morgan fingerprint density at radius 2 is 1.57 bits per heavy atom. The van der Waals surface area contributed by atoms with E-state index in [1.165, 1.54) is 19.3 Å². The van der Waals surface area contributed by atoms with Crippen LogP contribution in [0, 0.1) is 0 Å². The molecule has 0 aliphatic carbocycles. The molecule has 0 N–H and O–H groups in total. The number of likely N-dealkylation sites (tertiary alicyclic amines) is 1. The van der Waals surface area contributed by atoms with E-state index < -0.39 is 22.0 Å². The molecule has 28 heavy (non-hydrogen) atoms. The van der Waals surface area contributed by atoms with Gasteiger partial charge in [0.15, 0.2) is 0 Å². The van der Waals surface area contributed by atoms with Crippen molar-refractivity contribution in [2.45, 2.75) is 37.5 Å². The van der Waals surface area contributed by atoms with Crippen LogP contribution in [-0.2, 0) is 15.8 Å². The maximum atomic E-state index is 13.2. The van der Waals surface area contributed by atoms with Gasteiger partial charge in [0.2, 0.25) is 10.0 Å². The molecule has 1 atom stereocenters. The first-order valence-electron chi connectivity index (χ1n) is 9.98. The van der Waals surface area contributed by atoms with Crippen LogP contribution < -0.4 is 0 Å². The number of carbonyl (C=O) groups excluding carboxylic acids is 1. The highest BCUT2D eigenvalue weighted by atomic mass is 32.2. The number of nitrogens with zero attached hydrogens (tertiary/aromatic N) is 2. The van der Waals surface area contributed by atoms with Gasteiger partial charge in [0, 0.05) is 12.1 Å². The maximum Gasteiger partial charge on any atom is 0.268 e. The Labute approximate surface area is 167 Å². The smallest absolute Gasteiger partial charge is 0.268 e. The van der Waals surface area contributed by atoms with Gasteiger partial charge in [-0.25, -0.2) is 12.7 Å². The summed E-state index contributed by atoms with van der Waals surface area (Å²) in [5, 5.41) is 0. The summed E-state index contributed by atoms with van der Waals surface area (Å²) in [5.74, 6) is -0.531. The summed E-state index contributed by atoms with van der Waals surface area (Å²) in [6.45, 7) is 2.89. The van der Waals surface area contributed by atoms with Gasteiger partial charge in [-0.2, -0.15) is 0 Å². The van der Waals surface area contributed by atoms with Gasteiger partial charge in [0.25, 0.3) is 5.91 Å². The van der Waals surface area contributed by atoms with E-state index in [0.29, 0.717) is 17.5 Å². The number of benzene rings is 2. The Kier molecular flexibility index (Phi) is 5.51. The summed E-state index contributed by atoms with van der Waals surface area (Å²) in [4.78, 5) is 15.6. The van der Waals surface area contributed by atoms with E-state index in [-0.39, 0.29) is 5.75 Å². The van der Waals surface area contributed by atoms with Crippen molar-refractivity contribution in [1.29, 1.82) is 0 Å². The summed E-state index contributed by atoms with van der Waals surface area (Å²) in [6, 6.07) is 16.1. The number of sulfonamides is 1. The van der Waals surface area contributed by atoms with Gasteiger partial charge in [-0.15, -0.1) is 0 Å². The Bertz CT molecular complexity index is 937. The lowest BCUT2D eigenvalue weighted by molar-refractivity contribution is 0.0797. The third-order valence-corrected chi connectivity index (χ3v) is 7.42. The molecule has 2 aliphatic heterocycles. The molecule has 148 valence electrons. The molecule has 0 radical (unpaired) electrons. The van der Waals surface area contributed by atoms with Crippen LogP contribution in [0.15, 0.2) is 54.6 Å². The number of rotatable bonds is 5. The van der Waals surface area contributed by atoms with E-state index in [1.807, 2.05) is 30.3 Å². The van der Waals surface area contributed by atoms with E-state index in [1.54, 1.807) is 24.3 Å². The molecule has 1 unspecified atom stereocenters. The highest BCUT2D eigenvalue weighted by Crippen LogP contribution is 2.35. The molecule has 2 aliphatic rings. The first-order valence-corrected chi connectivity index (χ1v) is 11.6. The van der Waals surface area contributed by atoms with Crippen molar-refractivity contribution in [3.63, 3.8) is 0 Å². The fourth-order valence-corrected chi connectivity index (χ4v) is 6.03. The summed E-state index contributed by atoms with van der Waals surface area (Å²) in [6.07, 6.45) is 4.24. The largest absolute Gasteiger partial charge is 0.303 e. The standard InChI is InChI=1S/C22H26N2O3S/c25-22-20-12-6-5-11-19(20)17-28(26,27)24(22)21(18-9-3-1-4-10-18)13-16-23-14-7-2-8-15-23/h1,3-6,9-12,21H,2,7-8,13-17H2. The lowest BCUT2D eigenvalue weighted by atomic mass is 10.0. The van der Waals surface area contributed by atoms with Gasteiger partial charge in [-0.3, -0.25) is 4.79 Å². The Hall–Kier alpha value is -2.18. The van der Waals surface area contributed by atoms with Crippen LogP contribution in [0.25, 0.3) is 0 Å². The van der Waals surface area contributed by atoms with Gasteiger partial charge in [-0.05, 0) is 49.5 Å². The minimum Gasteiger partial charge on any atom is -0.303 e. The number of carbonyl (C=O) groups is 1. The van der Waals surface area contributed by atoms with Crippen LogP contribution in [0.1, 0.15) is 53.2 Å². The molecule has 6 heteroatoms. The minimum atomic E-state index is -3.72. The molecule has 2 aromatic carbocycles. The number of hydrogen-bond acceptors (Lipinski definition) is 4. The summed E-state index contributed by atoms with van der Waals surface area (Å²) in [5.41, 5.74) is 1.96. The van der Waals surface area contributed by atoms with Crippen molar-refractivity contribution in [3.8, 4) is 0 Å². The molecule has 1 fully saturated rings. The minimum absolute atomic E-state index is 0.123. The van der Waals surface area contributed by atoms with Crippen LogP contribution in [-0.4, -0.2) is 43.2 Å². The van der Waals surface area contributed by atoms with Crippen LogP contribution in [0.4, 0.5) is 0 Å². The average Bonchev–Trinajstić information content (AvgIpc) is 2.71. The van der Waals surface area contributed by atoms with Crippen LogP contribution in [0.5, 0.6) is 0 Å². The van der Waals surface area contributed by atoms with Gasteiger partial charge < -0.3 is 4.90 Å². The first-order chi connectivity index (χ1) is 13.6. The predicted octanol–water partition coefficient (Wildman–Crippen LogP) is 3.59. The third kappa shape index (κ3) is 3.84. The normalized spacial score (nSPS) is 20.6. The fraction of sp³-hybridized carbons (Fsp3) is 0.409. The Morgan fingerprint density at radius 3 is 2.32 bits per heavy atom. The summed E-state index contributed by atoms with van der Waals surface area (Å²) < 4.78 is 27.4. The lowest BCUT2D eigenvalue weighted by Gasteiger charge is -2.36. The predicted molar refractivity (Wildman–Crippen MR) is 109 cm³/mol. The fourth-order valence-electron chi connectivity index (χ4n) is 4.28. The Morgan fingerprint density at radius 1 is 0.893 bits per heavy atom. The molecule has 2 aromatic rings. The number of fused-ring (bicyclic) bond motifs is 1. The quantitative estimate of drug-likeness (QED) is 0.772. The van der Waals surface area contributed by atoms with E-state index >= 15 is 0 Å². The van der Waals surface area contributed by atoms with Crippen molar-refractivity contribution in [3.05, 3.63) is 71.3 Å². The van der Waals surface area contributed by atoms with E-state index in [9.17, 15) is 13.2 Å². The molecule has 0 bridgehead atoms. The molecular weight excluding hydrogens is 372 g/mol. The molecule has 1 saturated heterocycles. The van der Waals surface area contributed by atoms with Crippen molar-refractivity contribution in [2.75, 3.05) is 19.6 Å². The summed E-state index contributed by atoms with van der Waals surface area (Å²) in [7, 11) is -3.72. The molecule has 0 aromatic heterocycles. The zero-order valence-electron chi connectivity index (χ0n) is 16.0. The van der Waals surface area contributed by atoms with E-state index in [4.69, 9.17) is 0 Å². The van der Waals surface area contributed by atoms with Crippen LogP contribution in [0.2, 0.25) is 0 Å². The molecule has 4 rings (SSSR count). The molecule has 5 nitrogen and oxygen atoms in total. The zero-order valence-corrected chi connectivity index (χ0v) is 16.8. The highest BCUT2D eigenvalue weighted by Gasteiger charge is 2.40. The highest BCUT2D eigenvalue weighted by molar-refractivity contribution is 7.89. The second-order valence-corrected chi connectivity index (χ2v) is 9.48. The van der Waals surface area contributed by atoms with Crippen LogP contribution >= 0.6 is 0 Å². The first kappa shape index (κ1) is 19.2. The number of piperidine rings is 1. The van der Waals surface area contributed by atoms with E-state index in [2.05, 4.69) is 4.90 Å². The van der Waals surface area contributed by atoms with Gasteiger partial charge in [0.1, 0.15) is 0 Å². The second kappa shape index (κ2) is 8.05. The molecule has 1 amide bonds. The van der Waals surface area contributed by atoms with Crippen molar-refractivity contribution >= 4 is 15.9 Å².